The third kappa shape index (κ3) is 4.83. The number of amidine groups is 1. The molecular weight excluding hydrogens is 338 g/mol. The molecule has 6 nitrogen and oxygen atoms in total. The van der Waals surface area contributed by atoms with Crippen molar-refractivity contribution in [2.45, 2.75) is 44.5 Å². The van der Waals surface area contributed by atoms with Gasteiger partial charge in [0.25, 0.3) is 0 Å². The van der Waals surface area contributed by atoms with Gasteiger partial charge in [-0.3, -0.25) is 14.6 Å². The molecule has 2 atom stereocenters. The van der Waals surface area contributed by atoms with Crippen LogP contribution < -0.4 is 10.6 Å². The van der Waals surface area contributed by atoms with Crippen molar-refractivity contribution in [3.63, 3.8) is 0 Å². The largest absolute Gasteiger partial charge is 0.376 e. The maximum atomic E-state index is 12.3. The van der Waals surface area contributed by atoms with E-state index in [0.29, 0.717) is 11.7 Å². The highest BCUT2D eigenvalue weighted by Gasteiger charge is 2.32. The lowest BCUT2D eigenvalue weighted by molar-refractivity contribution is -0.122. The normalized spacial score (nSPS) is 24.6. The molecule has 0 unspecified atom stereocenters. The van der Waals surface area contributed by atoms with Crippen LogP contribution in [0.2, 0.25) is 0 Å². The number of aryl methyl sites for hydroxylation is 2. The van der Waals surface area contributed by atoms with E-state index in [1.54, 1.807) is 0 Å². The SMILES string of the molecule is Cc1ccc(NC(=O)C[C@@H]2SC(=NC[C@H]3CCCO3)NC2=O)c(C)c1. The van der Waals surface area contributed by atoms with Crippen molar-refractivity contribution in [3.05, 3.63) is 29.3 Å². The lowest BCUT2D eigenvalue weighted by atomic mass is 10.1. The Balaban J connectivity index is 1.52. The van der Waals surface area contributed by atoms with Gasteiger partial charge in [-0.2, -0.15) is 0 Å². The minimum absolute atomic E-state index is 0.128. The Morgan fingerprint density at radius 2 is 2.28 bits per heavy atom. The second kappa shape index (κ2) is 8.01. The second-order valence-corrected chi connectivity index (χ2v) is 7.64. The Bertz CT molecular complexity index is 699. The highest BCUT2D eigenvalue weighted by molar-refractivity contribution is 8.15. The molecular formula is C18H23N3O3S. The van der Waals surface area contributed by atoms with E-state index in [9.17, 15) is 9.59 Å². The van der Waals surface area contributed by atoms with Crippen LogP contribution in [0.25, 0.3) is 0 Å². The highest BCUT2D eigenvalue weighted by atomic mass is 32.2. The third-order valence-corrected chi connectivity index (χ3v) is 5.39. The van der Waals surface area contributed by atoms with Gasteiger partial charge in [0.2, 0.25) is 11.8 Å². The number of thioether (sulfide) groups is 1. The van der Waals surface area contributed by atoms with Gasteiger partial charge >= 0.3 is 0 Å². The van der Waals surface area contributed by atoms with Gasteiger partial charge in [0.1, 0.15) is 5.25 Å². The number of carbonyl (C=O) groups excluding carboxylic acids is 2. The molecule has 0 radical (unpaired) electrons. The van der Waals surface area contributed by atoms with Gasteiger partial charge in [0, 0.05) is 18.7 Å². The minimum Gasteiger partial charge on any atom is -0.376 e. The van der Waals surface area contributed by atoms with Crippen molar-refractivity contribution in [3.8, 4) is 0 Å². The lowest BCUT2D eigenvalue weighted by Gasteiger charge is -2.10. The predicted octanol–water partition coefficient (Wildman–Crippen LogP) is 2.40. The summed E-state index contributed by atoms with van der Waals surface area (Å²) in [5.74, 6) is -0.327. The molecule has 2 heterocycles. The summed E-state index contributed by atoms with van der Waals surface area (Å²) < 4.78 is 5.52. The van der Waals surface area contributed by atoms with Crippen molar-refractivity contribution in [2.24, 2.45) is 4.99 Å². The van der Waals surface area contributed by atoms with Crippen LogP contribution in [0.15, 0.2) is 23.2 Å². The average Bonchev–Trinajstić information content (AvgIpc) is 3.18. The molecule has 2 aliphatic heterocycles. The fraction of sp³-hybridized carbons (Fsp3) is 0.500. The molecule has 2 saturated heterocycles. The summed E-state index contributed by atoms with van der Waals surface area (Å²) in [6, 6.07) is 5.86. The molecule has 3 rings (SSSR count). The van der Waals surface area contributed by atoms with Crippen LogP contribution in [0.5, 0.6) is 0 Å². The summed E-state index contributed by atoms with van der Waals surface area (Å²) in [6.45, 7) is 5.31. The smallest absolute Gasteiger partial charge is 0.240 e. The first kappa shape index (κ1) is 17.9. The number of benzene rings is 1. The molecule has 7 heteroatoms. The summed E-state index contributed by atoms with van der Waals surface area (Å²) in [5.41, 5.74) is 2.94. The van der Waals surface area contributed by atoms with Crippen LogP contribution in [-0.4, -0.2) is 41.5 Å². The maximum Gasteiger partial charge on any atom is 0.240 e. The standard InChI is InChI=1S/C18H23N3O3S/c1-11-5-6-14(12(2)8-11)20-16(22)9-15-17(23)21-18(25-15)19-10-13-4-3-7-24-13/h5-6,8,13,15H,3-4,7,9-10H2,1-2H3,(H,20,22)(H,19,21,23)/t13-,15+/m1/s1. The van der Waals surface area contributed by atoms with E-state index in [-0.39, 0.29) is 24.3 Å². The molecule has 2 aliphatic rings. The number of nitrogens with zero attached hydrogens (tertiary/aromatic N) is 1. The van der Waals surface area contributed by atoms with Crippen molar-refractivity contribution in [2.75, 3.05) is 18.5 Å². The zero-order valence-corrected chi connectivity index (χ0v) is 15.3. The Labute approximate surface area is 151 Å². The molecule has 2 amide bonds. The predicted molar refractivity (Wildman–Crippen MR) is 100.0 cm³/mol. The maximum absolute atomic E-state index is 12.3. The van der Waals surface area contributed by atoms with Crippen LogP contribution in [0.4, 0.5) is 5.69 Å². The van der Waals surface area contributed by atoms with E-state index >= 15 is 0 Å². The molecule has 0 aromatic heterocycles. The first-order chi connectivity index (χ1) is 12.0. The monoisotopic (exact) mass is 361 g/mol. The number of hydrogen-bond acceptors (Lipinski definition) is 5. The fourth-order valence-corrected chi connectivity index (χ4v) is 3.89. The van der Waals surface area contributed by atoms with Crippen molar-refractivity contribution in [1.82, 2.24) is 5.32 Å². The summed E-state index contributed by atoms with van der Waals surface area (Å²) in [7, 11) is 0. The lowest BCUT2D eigenvalue weighted by Crippen LogP contribution is -2.28. The molecule has 0 bridgehead atoms. The fourth-order valence-electron chi connectivity index (χ4n) is 2.91. The third-order valence-electron chi connectivity index (χ3n) is 4.27. The molecule has 0 aliphatic carbocycles. The average molecular weight is 361 g/mol. The number of nitrogens with one attached hydrogen (secondary N) is 2. The topological polar surface area (TPSA) is 79.8 Å². The van der Waals surface area contributed by atoms with Crippen molar-refractivity contribution >= 4 is 34.4 Å². The van der Waals surface area contributed by atoms with Gasteiger partial charge in [-0.15, -0.1) is 0 Å². The number of carbonyl (C=O) groups is 2. The summed E-state index contributed by atoms with van der Waals surface area (Å²) in [5, 5.41) is 5.79. The Kier molecular flexibility index (Phi) is 5.75. The number of rotatable bonds is 5. The first-order valence-electron chi connectivity index (χ1n) is 8.52. The van der Waals surface area contributed by atoms with E-state index in [1.165, 1.54) is 11.8 Å². The summed E-state index contributed by atoms with van der Waals surface area (Å²) >= 11 is 1.32. The van der Waals surface area contributed by atoms with Crippen LogP contribution in [0.3, 0.4) is 0 Å². The molecule has 1 aromatic rings. The van der Waals surface area contributed by atoms with Crippen LogP contribution in [0, 0.1) is 13.8 Å². The first-order valence-corrected chi connectivity index (χ1v) is 9.40. The van der Waals surface area contributed by atoms with E-state index < -0.39 is 5.25 Å². The quantitative estimate of drug-likeness (QED) is 0.844. The number of ether oxygens (including phenoxy) is 1. The van der Waals surface area contributed by atoms with Gasteiger partial charge in [-0.1, -0.05) is 29.5 Å². The highest BCUT2D eigenvalue weighted by Crippen LogP contribution is 2.24. The zero-order valence-electron chi connectivity index (χ0n) is 14.5. The number of aliphatic imine (C=N–C) groups is 1. The van der Waals surface area contributed by atoms with E-state index in [2.05, 4.69) is 15.6 Å². The second-order valence-electron chi connectivity index (χ2n) is 6.45. The van der Waals surface area contributed by atoms with Gasteiger partial charge < -0.3 is 15.4 Å². The molecule has 25 heavy (non-hydrogen) atoms. The number of amides is 2. The molecule has 0 spiro atoms. The van der Waals surface area contributed by atoms with E-state index in [1.807, 2.05) is 32.0 Å². The van der Waals surface area contributed by atoms with Crippen LogP contribution >= 0.6 is 11.8 Å². The van der Waals surface area contributed by atoms with Crippen molar-refractivity contribution in [1.29, 1.82) is 0 Å². The van der Waals surface area contributed by atoms with Gasteiger partial charge in [0.05, 0.1) is 12.6 Å². The number of anilines is 1. The molecule has 1 aromatic carbocycles. The van der Waals surface area contributed by atoms with Crippen molar-refractivity contribution < 1.29 is 14.3 Å². The summed E-state index contributed by atoms with van der Waals surface area (Å²) in [4.78, 5) is 28.7. The van der Waals surface area contributed by atoms with Crippen LogP contribution in [-0.2, 0) is 14.3 Å². The molecule has 2 N–H and O–H groups in total. The Hall–Kier alpha value is -1.86. The van der Waals surface area contributed by atoms with Gasteiger partial charge in [-0.05, 0) is 38.3 Å². The van der Waals surface area contributed by atoms with E-state index in [4.69, 9.17) is 4.74 Å². The van der Waals surface area contributed by atoms with Gasteiger partial charge in [0.15, 0.2) is 5.17 Å². The Morgan fingerprint density at radius 1 is 1.44 bits per heavy atom. The van der Waals surface area contributed by atoms with Gasteiger partial charge in [-0.25, -0.2) is 0 Å². The molecule has 0 saturated carbocycles. The van der Waals surface area contributed by atoms with Crippen LogP contribution in [0.1, 0.15) is 30.4 Å². The number of hydrogen-bond donors (Lipinski definition) is 2. The van der Waals surface area contributed by atoms with E-state index in [0.717, 1.165) is 36.3 Å². The summed E-state index contributed by atoms with van der Waals surface area (Å²) in [6.07, 6.45) is 2.35. The zero-order chi connectivity index (χ0) is 17.8. The minimum atomic E-state index is -0.436. The Morgan fingerprint density at radius 3 is 3.00 bits per heavy atom. The molecule has 2 fully saturated rings. The molecule has 134 valence electrons.